The van der Waals surface area contributed by atoms with Gasteiger partial charge >= 0.3 is 17.9 Å². The summed E-state index contributed by atoms with van der Waals surface area (Å²) in [6, 6.07) is 0. The standard InChI is InChI=1S/C61H112O6/c1-4-7-10-13-16-19-22-23-24-25-26-27-28-29-30-31-32-33-34-35-36-37-38-39-40-43-45-48-51-54-60(63)66-57-58(67-61(64)55-52-49-46-42-21-18-15-12-9-6-3)56-65-59(62)53-50-47-44-41-20-17-14-11-8-5-2/h11-12,14-15,25-26,58H,4-10,13,16-24,27-57H2,1-3H3/b14-11-,15-12-,26-25-. The molecule has 0 saturated carbocycles. The lowest BCUT2D eigenvalue weighted by atomic mass is 10.0. The Morgan fingerprint density at radius 2 is 0.522 bits per heavy atom. The molecule has 0 amide bonds. The second-order valence-electron chi connectivity index (χ2n) is 19.9. The number of esters is 3. The lowest BCUT2D eigenvalue weighted by Crippen LogP contribution is -2.30. The molecule has 6 nitrogen and oxygen atoms in total. The van der Waals surface area contributed by atoms with E-state index in [9.17, 15) is 14.4 Å². The highest BCUT2D eigenvalue weighted by Gasteiger charge is 2.19. The van der Waals surface area contributed by atoms with E-state index in [0.717, 1.165) is 89.9 Å². The Hall–Kier alpha value is -2.37. The van der Waals surface area contributed by atoms with Gasteiger partial charge in [0.15, 0.2) is 6.10 Å². The smallest absolute Gasteiger partial charge is 0.306 e. The SMILES string of the molecule is CCC/C=C\CCCCCCCC(=O)OCC(COC(=O)CCCCCCCCCCCCCCCCCCC/C=C\CCCCCCCCCC)OC(=O)CCCCCCC/C=C\CCC. The Labute approximate surface area is 416 Å². The van der Waals surface area contributed by atoms with Gasteiger partial charge in [0.1, 0.15) is 13.2 Å². The van der Waals surface area contributed by atoms with E-state index in [2.05, 4.69) is 57.2 Å². The Balaban J connectivity index is 4.02. The second-order valence-corrected chi connectivity index (χ2v) is 19.9. The van der Waals surface area contributed by atoms with Gasteiger partial charge in [-0.05, 0) is 83.5 Å². The van der Waals surface area contributed by atoms with Crippen molar-refractivity contribution in [2.24, 2.45) is 0 Å². The van der Waals surface area contributed by atoms with Gasteiger partial charge in [-0.15, -0.1) is 0 Å². The minimum atomic E-state index is -0.775. The summed E-state index contributed by atoms with van der Waals surface area (Å²) in [5.41, 5.74) is 0. The van der Waals surface area contributed by atoms with Gasteiger partial charge in [-0.3, -0.25) is 14.4 Å². The number of allylic oxidation sites excluding steroid dienone is 6. The molecule has 0 aromatic heterocycles. The zero-order chi connectivity index (χ0) is 48.6. The predicted molar refractivity (Wildman–Crippen MR) is 289 cm³/mol. The molecule has 0 spiro atoms. The maximum absolute atomic E-state index is 12.7. The number of rotatable bonds is 54. The van der Waals surface area contributed by atoms with Crippen LogP contribution in [0.2, 0.25) is 0 Å². The molecule has 0 heterocycles. The number of carbonyl (C=O) groups is 3. The minimum Gasteiger partial charge on any atom is -0.462 e. The molecule has 0 saturated heterocycles. The Morgan fingerprint density at radius 3 is 0.806 bits per heavy atom. The summed E-state index contributed by atoms with van der Waals surface area (Å²) < 4.78 is 16.8. The lowest BCUT2D eigenvalue weighted by Gasteiger charge is -2.18. The van der Waals surface area contributed by atoms with Crippen molar-refractivity contribution in [2.75, 3.05) is 13.2 Å². The van der Waals surface area contributed by atoms with Crippen molar-refractivity contribution < 1.29 is 28.6 Å². The van der Waals surface area contributed by atoms with Crippen LogP contribution in [0.1, 0.15) is 316 Å². The molecule has 0 radical (unpaired) electrons. The van der Waals surface area contributed by atoms with E-state index in [1.807, 2.05) is 0 Å². The molecule has 6 heteroatoms. The monoisotopic (exact) mass is 941 g/mol. The maximum atomic E-state index is 12.7. The molecule has 0 aromatic rings. The van der Waals surface area contributed by atoms with E-state index < -0.39 is 6.10 Å². The third kappa shape index (κ3) is 54.4. The molecule has 0 aliphatic carbocycles. The predicted octanol–water partition coefficient (Wildman–Crippen LogP) is 19.7. The van der Waals surface area contributed by atoms with Crippen LogP contribution in [0, 0.1) is 0 Å². The first kappa shape index (κ1) is 64.6. The van der Waals surface area contributed by atoms with Crippen LogP contribution in [0.3, 0.4) is 0 Å². The summed E-state index contributed by atoms with van der Waals surface area (Å²) in [6.45, 7) is 6.53. The number of hydrogen-bond acceptors (Lipinski definition) is 6. The quantitative estimate of drug-likeness (QED) is 0.0262. The molecule has 0 aliphatic rings. The van der Waals surface area contributed by atoms with Crippen LogP contribution in [-0.2, 0) is 28.6 Å². The Morgan fingerprint density at radius 1 is 0.284 bits per heavy atom. The fourth-order valence-corrected chi connectivity index (χ4v) is 8.62. The molecule has 0 aliphatic heterocycles. The van der Waals surface area contributed by atoms with Gasteiger partial charge in [-0.2, -0.15) is 0 Å². The highest BCUT2D eigenvalue weighted by molar-refractivity contribution is 5.71. The number of carbonyl (C=O) groups excluding carboxylic acids is 3. The summed E-state index contributed by atoms with van der Waals surface area (Å²) in [5, 5.41) is 0. The molecule has 0 aromatic carbocycles. The van der Waals surface area contributed by atoms with Crippen LogP contribution in [0.5, 0.6) is 0 Å². The molecule has 0 N–H and O–H groups in total. The minimum absolute atomic E-state index is 0.0756. The van der Waals surface area contributed by atoms with Crippen molar-refractivity contribution in [2.45, 2.75) is 322 Å². The molecule has 392 valence electrons. The Kier molecular flexibility index (Phi) is 54.2. The fraction of sp³-hybridized carbons (Fsp3) is 0.852. The first-order valence-electron chi connectivity index (χ1n) is 29.5. The van der Waals surface area contributed by atoms with Gasteiger partial charge < -0.3 is 14.2 Å². The van der Waals surface area contributed by atoms with Crippen LogP contribution >= 0.6 is 0 Å². The third-order valence-corrected chi connectivity index (χ3v) is 13.0. The fourth-order valence-electron chi connectivity index (χ4n) is 8.62. The van der Waals surface area contributed by atoms with Crippen molar-refractivity contribution in [3.8, 4) is 0 Å². The van der Waals surface area contributed by atoms with Gasteiger partial charge in [0.05, 0.1) is 0 Å². The van der Waals surface area contributed by atoms with Gasteiger partial charge in [0, 0.05) is 19.3 Å². The summed E-state index contributed by atoms with van der Waals surface area (Å²) in [7, 11) is 0. The molecule has 67 heavy (non-hydrogen) atoms. The molecule has 1 atom stereocenters. The summed E-state index contributed by atoms with van der Waals surface area (Å²) in [6.07, 6.45) is 67.5. The van der Waals surface area contributed by atoms with E-state index in [1.54, 1.807) is 0 Å². The van der Waals surface area contributed by atoms with Gasteiger partial charge in [0.2, 0.25) is 0 Å². The van der Waals surface area contributed by atoms with E-state index >= 15 is 0 Å². The highest BCUT2D eigenvalue weighted by Crippen LogP contribution is 2.17. The van der Waals surface area contributed by atoms with E-state index in [0.29, 0.717) is 19.3 Å². The molecule has 0 bridgehead atoms. The van der Waals surface area contributed by atoms with Crippen LogP contribution < -0.4 is 0 Å². The summed E-state index contributed by atoms with van der Waals surface area (Å²) in [4.78, 5) is 37.9. The number of ether oxygens (including phenoxy) is 3. The first-order chi connectivity index (χ1) is 33.0. The molecule has 1 unspecified atom stereocenters. The lowest BCUT2D eigenvalue weighted by molar-refractivity contribution is -0.167. The largest absolute Gasteiger partial charge is 0.462 e. The second kappa shape index (κ2) is 56.2. The highest BCUT2D eigenvalue weighted by atomic mass is 16.6. The first-order valence-corrected chi connectivity index (χ1v) is 29.5. The topological polar surface area (TPSA) is 78.9 Å². The van der Waals surface area contributed by atoms with Crippen molar-refractivity contribution >= 4 is 17.9 Å². The number of hydrogen-bond donors (Lipinski definition) is 0. The normalized spacial score (nSPS) is 12.2. The van der Waals surface area contributed by atoms with Crippen LogP contribution in [0.4, 0.5) is 0 Å². The van der Waals surface area contributed by atoms with E-state index in [4.69, 9.17) is 14.2 Å². The van der Waals surface area contributed by atoms with Gasteiger partial charge in [0.25, 0.3) is 0 Å². The molecule has 0 fully saturated rings. The number of unbranched alkanes of at least 4 members (excludes halogenated alkanes) is 37. The van der Waals surface area contributed by atoms with Crippen molar-refractivity contribution in [3.05, 3.63) is 36.5 Å². The zero-order valence-electron chi connectivity index (χ0n) is 44.9. The Bertz CT molecular complexity index is 1130. The summed E-state index contributed by atoms with van der Waals surface area (Å²) >= 11 is 0. The maximum Gasteiger partial charge on any atom is 0.306 e. The zero-order valence-corrected chi connectivity index (χ0v) is 44.9. The third-order valence-electron chi connectivity index (χ3n) is 13.0. The van der Waals surface area contributed by atoms with E-state index in [1.165, 1.54) is 186 Å². The average Bonchev–Trinajstić information content (AvgIpc) is 3.33. The van der Waals surface area contributed by atoms with Crippen molar-refractivity contribution in [3.63, 3.8) is 0 Å². The summed E-state index contributed by atoms with van der Waals surface area (Å²) in [5.74, 6) is -0.886. The average molecular weight is 942 g/mol. The molecule has 0 rings (SSSR count). The van der Waals surface area contributed by atoms with Gasteiger partial charge in [-0.1, -0.05) is 250 Å². The molecular weight excluding hydrogens is 829 g/mol. The van der Waals surface area contributed by atoms with Gasteiger partial charge in [-0.25, -0.2) is 0 Å². The van der Waals surface area contributed by atoms with Crippen LogP contribution in [-0.4, -0.2) is 37.2 Å². The van der Waals surface area contributed by atoms with Crippen LogP contribution in [0.25, 0.3) is 0 Å². The molecular formula is C61H112O6. The van der Waals surface area contributed by atoms with Crippen molar-refractivity contribution in [1.82, 2.24) is 0 Å². The van der Waals surface area contributed by atoms with Crippen molar-refractivity contribution in [1.29, 1.82) is 0 Å². The van der Waals surface area contributed by atoms with Crippen LogP contribution in [0.15, 0.2) is 36.5 Å². The van der Waals surface area contributed by atoms with E-state index in [-0.39, 0.29) is 31.1 Å².